The van der Waals surface area contributed by atoms with Gasteiger partial charge in [-0.2, -0.15) is 11.8 Å². The highest BCUT2D eigenvalue weighted by molar-refractivity contribution is 7.99. The molecule has 0 spiro atoms. The molecule has 2 unspecified atom stereocenters. The highest BCUT2D eigenvalue weighted by Gasteiger charge is 2.20. The normalized spacial score (nSPS) is 21.6. The van der Waals surface area contributed by atoms with Crippen LogP contribution in [-0.4, -0.2) is 11.5 Å². The number of benzene rings is 1. The van der Waals surface area contributed by atoms with Crippen LogP contribution in [0.15, 0.2) is 42.5 Å². The molecule has 0 aliphatic carbocycles. The number of allylic oxidation sites excluding steroid dienone is 2. The number of rotatable bonds is 6. The van der Waals surface area contributed by atoms with Gasteiger partial charge in [0.05, 0.1) is 0 Å². The minimum atomic E-state index is 0.807. The van der Waals surface area contributed by atoms with Crippen LogP contribution in [0.25, 0.3) is 0 Å². The maximum atomic E-state index is 2.51. The largest absolute Gasteiger partial charge is 0.162 e. The van der Waals surface area contributed by atoms with Crippen molar-refractivity contribution < 1.29 is 0 Å². The van der Waals surface area contributed by atoms with Gasteiger partial charge in [-0.1, -0.05) is 55.8 Å². The molecule has 1 heteroatoms. The second-order valence-corrected chi connectivity index (χ2v) is 6.70. The molecule has 1 aliphatic rings. The van der Waals surface area contributed by atoms with E-state index in [1.54, 1.807) is 0 Å². The first-order valence-electron chi connectivity index (χ1n) is 7.68. The lowest BCUT2D eigenvalue weighted by Gasteiger charge is -2.27. The van der Waals surface area contributed by atoms with E-state index in [0.29, 0.717) is 0 Å². The maximum absolute atomic E-state index is 2.51. The van der Waals surface area contributed by atoms with E-state index in [1.165, 1.54) is 42.8 Å². The van der Waals surface area contributed by atoms with E-state index in [1.807, 2.05) is 0 Å². The van der Waals surface area contributed by atoms with Gasteiger partial charge in [-0.25, -0.2) is 0 Å². The lowest BCUT2D eigenvalue weighted by molar-refractivity contribution is 0.374. The molecule has 104 valence electrons. The van der Waals surface area contributed by atoms with E-state index < -0.39 is 0 Å². The molecule has 0 N–H and O–H groups in total. The summed E-state index contributed by atoms with van der Waals surface area (Å²) < 4.78 is 0. The topological polar surface area (TPSA) is 0 Å². The Labute approximate surface area is 122 Å². The van der Waals surface area contributed by atoms with Crippen molar-refractivity contribution in [1.29, 1.82) is 0 Å². The van der Waals surface area contributed by atoms with Crippen LogP contribution in [0, 0.1) is 11.8 Å². The molecular weight excluding hydrogens is 248 g/mol. The molecule has 0 aromatic heterocycles. The Morgan fingerprint density at radius 2 is 2.16 bits per heavy atom. The van der Waals surface area contributed by atoms with E-state index in [0.717, 1.165) is 18.3 Å². The smallest absolute Gasteiger partial charge is 0.00335 e. The molecule has 1 heterocycles. The van der Waals surface area contributed by atoms with Crippen LogP contribution >= 0.6 is 11.8 Å². The molecule has 2 rings (SSSR count). The Kier molecular flexibility index (Phi) is 6.56. The van der Waals surface area contributed by atoms with Crippen molar-refractivity contribution in [2.24, 2.45) is 11.8 Å². The molecule has 0 radical (unpaired) electrons. The van der Waals surface area contributed by atoms with Gasteiger partial charge in [0.2, 0.25) is 0 Å². The summed E-state index contributed by atoms with van der Waals surface area (Å²) in [5, 5.41) is 0. The first-order chi connectivity index (χ1) is 9.40. The van der Waals surface area contributed by atoms with Crippen molar-refractivity contribution in [2.75, 3.05) is 11.5 Å². The van der Waals surface area contributed by atoms with Crippen LogP contribution in [0.1, 0.15) is 38.2 Å². The second kappa shape index (κ2) is 8.47. The van der Waals surface area contributed by atoms with Crippen molar-refractivity contribution in [3.8, 4) is 0 Å². The zero-order valence-corrected chi connectivity index (χ0v) is 12.9. The predicted octanol–water partition coefficient (Wildman–Crippen LogP) is 5.34. The molecule has 1 aliphatic heterocycles. The average Bonchev–Trinajstić information content (AvgIpc) is 2.48. The van der Waals surface area contributed by atoms with Crippen LogP contribution in [0.4, 0.5) is 0 Å². The molecule has 1 fully saturated rings. The van der Waals surface area contributed by atoms with E-state index in [4.69, 9.17) is 0 Å². The molecule has 1 aromatic carbocycles. The van der Waals surface area contributed by atoms with Gasteiger partial charge in [-0.15, -0.1) is 0 Å². The van der Waals surface area contributed by atoms with Gasteiger partial charge < -0.3 is 0 Å². The molecule has 0 nitrogen and oxygen atoms in total. The third kappa shape index (κ3) is 5.06. The monoisotopic (exact) mass is 274 g/mol. The summed E-state index contributed by atoms with van der Waals surface area (Å²) >= 11 is 2.15. The van der Waals surface area contributed by atoms with E-state index in [-0.39, 0.29) is 0 Å². The van der Waals surface area contributed by atoms with Gasteiger partial charge in [0.15, 0.2) is 0 Å². The van der Waals surface area contributed by atoms with Gasteiger partial charge in [-0.3, -0.25) is 0 Å². The van der Waals surface area contributed by atoms with Gasteiger partial charge in [-0.05, 0) is 54.6 Å². The lowest BCUT2D eigenvalue weighted by atomic mass is 9.86. The molecule has 1 aromatic rings. The van der Waals surface area contributed by atoms with Gasteiger partial charge >= 0.3 is 0 Å². The quantitative estimate of drug-likeness (QED) is 0.631. The van der Waals surface area contributed by atoms with Crippen molar-refractivity contribution in [3.05, 3.63) is 48.0 Å². The summed E-state index contributed by atoms with van der Waals surface area (Å²) in [7, 11) is 0. The minimum Gasteiger partial charge on any atom is -0.162 e. The molecule has 0 saturated carbocycles. The minimum absolute atomic E-state index is 0.807. The van der Waals surface area contributed by atoms with Gasteiger partial charge in [0.1, 0.15) is 0 Å². The maximum Gasteiger partial charge on any atom is -0.00335 e. The van der Waals surface area contributed by atoms with Crippen molar-refractivity contribution in [2.45, 2.75) is 39.0 Å². The Balaban J connectivity index is 1.88. The Morgan fingerprint density at radius 3 is 2.84 bits per heavy atom. The van der Waals surface area contributed by atoms with E-state index in [2.05, 4.69) is 61.2 Å². The summed E-state index contributed by atoms with van der Waals surface area (Å²) in [6.07, 6.45) is 11.5. The summed E-state index contributed by atoms with van der Waals surface area (Å²) in [5.74, 6) is 4.48. The Morgan fingerprint density at radius 1 is 1.32 bits per heavy atom. The fraction of sp³-hybridized carbons (Fsp3) is 0.556. The van der Waals surface area contributed by atoms with Gasteiger partial charge in [0.25, 0.3) is 0 Å². The van der Waals surface area contributed by atoms with Crippen LogP contribution in [0.2, 0.25) is 0 Å². The zero-order chi connectivity index (χ0) is 13.3. The summed E-state index contributed by atoms with van der Waals surface area (Å²) in [6.45, 7) is 2.31. The zero-order valence-electron chi connectivity index (χ0n) is 12.1. The van der Waals surface area contributed by atoms with Gasteiger partial charge in [0, 0.05) is 0 Å². The highest BCUT2D eigenvalue weighted by atomic mass is 32.2. The summed E-state index contributed by atoms with van der Waals surface area (Å²) in [5.41, 5.74) is 1.42. The highest BCUT2D eigenvalue weighted by Crippen LogP contribution is 2.32. The Hall–Kier alpha value is -0.690. The molecule has 0 bridgehead atoms. The molecule has 2 atom stereocenters. The Bertz CT molecular complexity index is 363. The number of thioether (sulfide) groups is 1. The van der Waals surface area contributed by atoms with E-state index >= 15 is 0 Å². The van der Waals surface area contributed by atoms with Crippen molar-refractivity contribution in [1.82, 2.24) is 0 Å². The van der Waals surface area contributed by atoms with Crippen LogP contribution in [0.5, 0.6) is 0 Å². The average molecular weight is 274 g/mol. The predicted molar refractivity (Wildman–Crippen MR) is 87.7 cm³/mol. The molecule has 19 heavy (non-hydrogen) atoms. The lowest BCUT2D eigenvalue weighted by Crippen LogP contribution is -2.19. The molecule has 1 saturated heterocycles. The SMILES string of the molecule is CCCC(C=CCc1ccccc1)C1CCCSC1. The number of hydrogen-bond donors (Lipinski definition) is 0. The van der Waals surface area contributed by atoms with Crippen LogP contribution in [0.3, 0.4) is 0 Å². The fourth-order valence-electron chi connectivity index (χ4n) is 2.92. The van der Waals surface area contributed by atoms with Crippen molar-refractivity contribution >= 4 is 11.8 Å². The third-order valence-corrected chi connectivity index (χ3v) is 5.24. The van der Waals surface area contributed by atoms with E-state index in [9.17, 15) is 0 Å². The second-order valence-electron chi connectivity index (χ2n) is 5.55. The summed E-state index contributed by atoms with van der Waals surface area (Å²) in [6, 6.07) is 10.8. The first kappa shape index (κ1) is 14.7. The fourth-order valence-corrected chi connectivity index (χ4v) is 4.17. The summed E-state index contributed by atoms with van der Waals surface area (Å²) in [4.78, 5) is 0. The molecule has 0 amide bonds. The number of hydrogen-bond acceptors (Lipinski definition) is 1. The van der Waals surface area contributed by atoms with Crippen molar-refractivity contribution in [3.63, 3.8) is 0 Å². The molecular formula is C18H26S. The van der Waals surface area contributed by atoms with Crippen LogP contribution in [-0.2, 0) is 6.42 Å². The standard InChI is InChI=1S/C18H26S/c1-2-8-17(18-13-7-14-19-15-18)12-6-11-16-9-4-3-5-10-16/h3-6,9-10,12,17-18H,2,7-8,11,13-15H2,1H3. The first-order valence-corrected chi connectivity index (χ1v) is 8.84. The van der Waals surface area contributed by atoms with Crippen LogP contribution < -0.4 is 0 Å². The third-order valence-electron chi connectivity index (χ3n) is 4.00.